The molecular formula is C18H19N7O3. The van der Waals surface area contributed by atoms with Crippen LogP contribution in [0.4, 0.5) is 5.69 Å². The quantitative estimate of drug-likeness (QED) is 0.679. The number of likely N-dealkylation sites (tertiary alicyclic amines) is 1. The van der Waals surface area contributed by atoms with E-state index in [9.17, 15) is 9.59 Å². The second-order valence-corrected chi connectivity index (χ2v) is 6.60. The first-order valence-corrected chi connectivity index (χ1v) is 8.95. The number of hydrogen-bond donors (Lipinski definition) is 1. The third-order valence-electron chi connectivity index (χ3n) is 4.56. The molecule has 10 heteroatoms. The summed E-state index contributed by atoms with van der Waals surface area (Å²) in [5, 5.41) is 10.6. The van der Waals surface area contributed by atoms with Crippen molar-refractivity contribution in [1.29, 1.82) is 0 Å². The minimum atomic E-state index is -0.698. The van der Waals surface area contributed by atoms with Crippen molar-refractivity contribution in [2.45, 2.75) is 25.7 Å². The maximum Gasteiger partial charge on any atom is 0.313 e. The average Bonchev–Trinajstić information content (AvgIpc) is 3.37. The maximum absolute atomic E-state index is 12.6. The molecule has 10 nitrogen and oxygen atoms in total. The van der Waals surface area contributed by atoms with Gasteiger partial charge >= 0.3 is 11.8 Å². The van der Waals surface area contributed by atoms with Crippen molar-refractivity contribution in [2.75, 3.05) is 18.4 Å². The lowest BCUT2D eigenvalue weighted by Gasteiger charge is -2.30. The van der Waals surface area contributed by atoms with Crippen LogP contribution in [0.3, 0.4) is 0 Å². The van der Waals surface area contributed by atoms with Gasteiger partial charge in [-0.1, -0.05) is 5.16 Å². The average molecular weight is 381 g/mol. The van der Waals surface area contributed by atoms with Crippen LogP contribution < -0.4 is 5.32 Å². The van der Waals surface area contributed by atoms with Crippen molar-refractivity contribution in [3.8, 4) is 5.69 Å². The van der Waals surface area contributed by atoms with Crippen molar-refractivity contribution in [3.63, 3.8) is 0 Å². The molecule has 2 amide bonds. The lowest BCUT2D eigenvalue weighted by molar-refractivity contribution is -0.144. The van der Waals surface area contributed by atoms with E-state index in [1.54, 1.807) is 42.3 Å². The number of pyridine rings is 1. The molecular weight excluding hydrogens is 362 g/mol. The van der Waals surface area contributed by atoms with E-state index in [-0.39, 0.29) is 5.92 Å². The van der Waals surface area contributed by atoms with Crippen molar-refractivity contribution >= 4 is 17.5 Å². The van der Waals surface area contributed by atoms with Crippen LogP contribution in [-0.4, -0.2) is 54.7 Å². The van der Waals surface area contributed by atoms with Gasteiger partial charge in [0.25, 0.3) is 0 Å². The zero-order chi connectivity index (χ0) is 19.5. The molecule has 3 aromatic rings. The molecule has 144 valence electrons. The normalized spacial score (nSPS) is 16.8. The Labute approximate surface area is 160 Å². The molecule has 3 aromatic heterocycles. The van der Waals surface area contributed by atoms with Crippen LogP contribution in [0.1, 0.15) is 30.5 Å². The van der Waals surface area contributed by atoms with Crippen molar-refractivity contribution in [1.82, 2.24) is 29.8 Å². The number of amides is 2. The first-order chi connectivity index (χ1) is 13.6. The van der Waals surface area contributed by atoms with E-state index in [1.165, 1.54) is 11.1 Å². The molecule has 0 saturated carbocycles. The second-order valence-electron chi connectivity index (χ2n) is 6.60. The number of anilines is 1. The van der Waals surface area contributed by atoms with Crippen LogP contribution >= 0.6 is 0 Å². The predicted octanol–water partition coefficient (Wildman–Crippen LogP) is 1.30. The Morgan fingerprint density at radius 2 is 2.11 bits per heavy atom. The third-order valence-corrected chi connectivity index (χ3v) is 4.56. The van der Waals surface area contributed by atoms with E-state index in [0.29, 0.717) is 30.5 Å². The van der Waals surface area contributed by atoms with Gasteiger partial charge in [0, 0.05) is 25.5 Å². The van der Waals surface area contributed by atoms with Crippen molar-refractivity contribution in [3.05, 3.63) is 48.6 Å². The van der Waals surface area contributed by atoms with Gasteiger partial charge in [-0.25, -0.2) is 4.68 Å². The zero-order valence-electron chi connectivity index (χ0n) is 15.3. The predicted molar refractivity (Wildman–Crippen MR) is 97.6 cm³/mol. The first-order valence-electron chi connectivity index (χ1n) is 8.95. The minimum Gasteiger partial charge on any atom is -0.339 e. The van der Waals surface area contributed by atoms with E-state index in [0.717, 1.165) is 18.5 Å². The van der Waals surface area contributed by atoms with Crippen LogP contribution in [0, 0.1) is 6.92 Å². The second kappa shape index (κ2) is 7.59. The molecule has 0 spiro atoms. The summed E-state index contributed by atoms with van der Waals surface area (Å²) >= 11 is 0. The largest absolute Gasteiger partial charge is 0.339 e. The Bertz CT molecular complexity index is 982. The fraction of sp³-hybridized carbons (Fsp3) is 0.333. The summed E-state index contributed by atoms with van der Waals surface area (Å²) in [6, 6.07) is 3.58. The van der Waals surface area contributed by atoms with Gasteiger partial charge in [0.1, 0.15) is 0 Å². The summed E-state index contributed by atoms with van der Waals surface area (Å²) in [6.45, 7) is 2.65. The summed E-state index contributed by atoms with van der Waals surface area (Å²) in [7, 11) is 0. The van der Waals surface area contributed by atoms with Gasteiger partial charge in [0.15, 0.2) is 5.82 Å². The fourth-order valence-corrected chi connectivity index (χ4v) is 3.20. The highest BCUT2D eigenvalue weighted by Crippen LogP contribution is 2.25. The molecule has 1 atom stereocenters. The first kappa shape index (κ1) is 17.8. The molecule has 0 aliphatic carbocycles. The summed E-state index contributed by atoms with van der Waals surface area (Å²) in [5.74, 6) is -0.271. The Hall–Kier alpha value is -3.56. The zero-order valence-corrected chi connectivity index (χ0v) is 15.3. The standard InChI is InChI=1S/C18H19N7O3/c1-12-21-17(28-23-12)13-3-2-8-24(10-13)18(27)16(26)22-14-9-20-25(11-14)15-4-6-19-7-5-15/h4-7,9,11,13H,2-3,8,10H2,1H3,(H,22,26)/t13-/m0/s1. The lowest BCUT2D eigenvalue weighted by atomic mass is 9.98. The molecule has 0 radical (unpaired) electrons. The van der Waals surface area contributed by atoms with E-state index in [4.69, 9.17) is 4.52 Å². The van der Waals surface area contributed by atoms with Gasteiger partial charge < -0.3 is 14.7 Å². The Morgan fingerprint density at radius 1 is 1.29 bits per heavy atom. The highest BCUT2D eigenvalue weighted by Gasteiger charge is 2.31. The highest BCUT2D eigenvalue weighted by molar-refractivity contribution is 6.39. The maximum atomic E-state index is 12.6. The molecule has 1 saturated heterocycles. The molecule has 4 heterocycles. The number of piperidine rings is 1. The summed E-state index contributed by atoms with van der Waals surface area (Å²) in [6.07, 6.45) is 8.04. The van der Waals surface area contributed by atoms with Gasteiger partial charge in [-0.3, -0.25) is 14.6 Å². The molecule has 1 fully saturated rings. The van der Waals surface area contributed by atoms with E-state index in [1.807, 2.05) is 0 Å². The number of hydrogen-bond acceptors (Lipinski definition) is 7. The van der Waals surface area contributed by atoms with Crippen LogP contribution in [0.15, 0.2) is 41.4 Å². The smallest absolute Gasteiger partial charge is 0.313 e. The van der Waals surface area contributed by atoms with Crippen LogP contribution in [0.25, 0.3) is 5.69 Å². The van der Waals surface area contributed by atoms with Crippen LogP contribution in [-0.2, 0) is 9.59 Å². The van der Waals surface area contributed by atoms with E-state index in [2.05, 4.69) is 25.5 Å². The van der Waals surface area contributed by atoms with Gasteiger partial charge in [0.2, 0.25) is 5.89 Å². The van der Waals surface area contributed by atoms with Crippen LogP contribution in [0.5, 0.6) is 0 Å². The molecule has 4 rings (SSSR count). The number of carbonyl (C=O) groups is 2. The Balaban J connectivity index is 1.39. The van der Waals surface area contributed by atoms with Crippen molar-refractivity contribution in [2.24, 2.45) is 0 Å². The molecule has 1 aliphatic heterocycles. The summed E-state index contributed by atoms with van der Waals surface area (Å²) < 4.78 is 6.81. The van der Waals surface area contributed by atoms with Gasteiger partial charge in [-0.05, 0) is 31.9 Å². The molecule has 0 aromatic carbocycles. The summed E-state index contributed by atoms with van der Waals surface area (Å²) in [4.78, 5) is 34.7. The lowest BCUT2D eigenvalue weighted by Crippen LogP contribution is -2.44. The number of nitrogens with zero attached hydrogens (tertiary/aromatic N) is 6. The fourth-order valence-electron chi connectivity index (χ4n) is 3.20. The molecule has 28 heavy (non-hydrogen) atoms. The van der Waals surface area contributed by atoms with Gasteiger partial charge in [0.05, 0.1) is 29.7 Å². The molecule has 1 N–H and O–H groups in total. The molecule has 0 unspecified atom stereocenters. The molecule has 1 aliphatic rings. The monoisotopic (exact) mass is 381 g/mol. The van der Waals surface area contributed by atoms with Crippen molar-refractivity contribution < 1.29 is 14.1 Å². The number of aromatic nitrogens is 5. The Kier molecular flexibility index (Phi) is 4.83. The number of rotatable bonds is 3. The minimum absolute atomic E-state index is 0.0545. The SMILES string of the molecule is Cc1noc([C@H]2CCCN(C(=O)C(=O)Nc3cnn(-c4ccncc4)c3)C2)n1. The number of aryl methyl sites for hydroxylation is 1. The number of nitrogens with one attached hydrogen (secondary N) is 1. The summed E-state index contributed by atoms with van der Waals surface area (Å²) in [5.41, 5.74) is 1.24. The number of carbonyl (C=O) groups excluding carboxylic acids is 2. The van der Waals surface area contributed by atoms with Crippen LogP contribution in [0.2, 0.25) is 0 Å². The molecule has 0 bridgehead atoms. The van der Waals surface area contributed by atoms with Gasteiger partial charge in [-0.15, -0.1) is 0 Å². The van der Waals surface area contributed by atoms with E-state index >= 15 is 0 Å². The topological polar surface area (TPSA) is 119 Å². The third kappa shape index (κ3) is 3.75. The van der Waals surface area contributed by atoms with Gasteiger partial charge in [-0.2, -0.15) is 10.1 Å². The van der Waals surface area contributed by atoms with E-state index < -0.39 is 11.8 Å². The highest BCUT2D eigenvalue weighted by atomic mass is 16.5. The Morgan fingerprint density at radius 3 is 2.86 bits per heavy atom.